The largest absolute Gasteiger partial charge is 0.497 e. The van der Waals surface area contributed by atoms with Gasteiger partial charge in [-0.15, -0.1) is 11.3 Å². The second kappa shape index (κ2) is 6.80. The Morgan fingerprint density at radius 1 is 1.35 bits per heavy atom. The van der Waals surface area contributed by atoms with Gasteiger partial charge < -0.3 is 15.8 Å². The fraction of sp³-hybridized carbons (Fsp3) is 0.125. The highest BCUT2D eigenvalue weighted by Crippen LogP contribution is 2.32. The van der Waals surface area contributed by atoms with Crippen LogP contribution in [0.25, 0.3) is 11.3 Å². The average molecular weight is 345 g/mol. The number of carbonyl (C=O) groups excluding carboxylic acids is 1. The molecule has 3 N–H and O–H groups in total. The number of nitrogens with zero attached hydrogens (tertiary/aromatic N) is 1. The number of hydrogen-bond donors (Lipinski definition) is 2. The molecule has 0 saturated carbocycles. The predicted octanol–water partition coefficient (Wildman–Crippen LogP) is 3.39. The standard InChI is InChI=1S/C16H15N3O2S2/c1-21-11-5-2-4-10(8-11)14-13(17)15(23-19-14)16(20)18-9-12-6-3-7-22-12/h2-8H,9,17H2,1H3,(H,18,20). The van der Waals surface area contributed by atoms with Crippen LogP contribution in [0.1, 0.15) is 14.5 Å². The second-order valence-electron chi connectivity index (χ2n) is 4.77. The number of nitrogens with one attached hydrogen (secondary N) is 1. The van der Waals surface area contributed by atoms with Gasteiger partial charge in [-0.1, -0.05) is 18.2 Å². The Morgan fingerprint density at radius 2 is 2.22 bits per heavy atom. The van der Waals surface area contributed by atoms with Gasteiger partial charge in [-0.3, -0.25) is 4.79 Å². The molecule has 0 aliphatic rings. The van der Waals surface area contributed by atoms with Gasteiger partial charge in [-0.25, -0.2) is 0 Å². The zero-order valence-corrected chi connectivity index (χ0v) is 14.0. The van der Waals surface area contributed by atoms with Gasteiger partial charge in [0.15, 0.2) is 0 Å². The van der Waals surface area contributed by atoms with Crippen LogP contribution in [0.3, 0.4) is 0 Å². The monoisotopic (exact) mass is 345 g/mol. The molecule has 0 unspecified atom stereocenters. The summed E-state index contributed by atoms with van der Waals surface area (Å²) in [5.74, 6) is 0.515. The molecule has 3 aromatic rings. The van der Waals surface area contributed by atoms with Gasteiger partial charge in [0.25, 0.3) is 5.91 Å². The van der Waals surface area contributed by atoms with E-state index in [1.165, 1.54) is 0 Å². The van der Waals surface area contributed by atoms with Crippen LogP contribution in [-0.4, -0.2) is 17.4 Å². The lowest BCUT2D eigenvalue weighted by Crippen LogP contribution is -2.22. The zero-order valence-electron chi connectivity index (χ0n) is 12.4. The molecule has 0 aliphatic heterocycles. The number of hydrogen-bond acceptors (Lipinski definition) is 6. The summed E-state index contributed by atoms with van der Waals surface area (Å²) in [6.07, 6.45) is 0. The average Bonchev–Trinajstić information content (AvgIpc) is 3.22. The first-order valence-corrected chi connectivity index (χ1v) is 8.54. The molecule has 5 nitrogen and oxygen atoms in total. The van der Waals surface area contributed by atoms with Crippen LogP contribution >= 0.6 is 22.9 Å². The van der Waals surface area contributed by atoms with Crippen LogP contribution in [0.2, 0.25) is 0 Å². The van der Waals surface area contributed by atoms with Crippen LogP contribution in [0.5, 0.6) is 5.75 Å². The summed E-state index contributed by atoms with van der Waals surface area (Å²) in [4.78, 5) is 13.8. The van der Waals surface area contributed by atoms with E-state index in [0.29, 0.717) is 22.8 Å². The van der Waals surface area contributed by atoms with E-state index in [1.54, 1.807) is 18.4 Å². The van der Waals surface area contributed by atoms with E-state index in [2.05, 4.69) is 9.69 Å². The topological polar surface area (TPSA) is 77.2 Å². The minimum Gasteiger partial charge on any atom is -0.497 e. The third-order valence-corrected chi connectivity index (χ3v) is 5.02. The first-order chi connectivity index (χ1) is 11.2. The van der Waals surface area contributed by atoms with E-state index < -0.39 is 0 Å². The van der Waals surface area contributed by atoms with Crippen molar-refractivity contribution in [3.05, 3.63) is 51.5 Å². The molecule has 0 atom stereocenters. The van der Waals surface area contributed by atoms with Crippen LogP contribution in [0.15, 0.2) is 41.8 Å². The number of amides is 1. The molecule has 118 valence electrons. The summed E-state index contributed by atoms with van der Waals surface area (Å²) in [7, 11) is 1.60. The molecule has 0 spiro atoms. The Bertz CT molecular complexity index is 813. The number of ether oxygens (including phenoxy) is 1. The van der Waals surface area contributed by atoms with Crippen molar-refractivity contribution in [2.24, 2.45) is 0 Å². The second-order valence-corrected chi connectivity index (χ2v) is 6.57. The number of carbonyl (C=O) groups is 1. The Morgan fingerprint density at radius 3 is 2.96 bits per heavy atom. The lowest BCUT2D eigenvalue weighted by atomic mass is 10.1. The number of benzene rings is 1. The number of aromatic nitrogens is 1. The molecular weight excluding hydrogens is 330 g/mol. The number of rotatable bonds is 5. The number of thiophene rings is 1. The van der Waals surface area contributed by atoms with E-state index in [9.17, 15) is 4.79 Å². The van der Waals surface area contributed by atoms with Gasteiger partial charge in [0.05, 0.1) is 19.3 Å². The molecular formula is C16H15N3O2S2. The maximum absolute atomic E-state index is 12.3. The molecule has 1 aromatic carbocycles. The molecule has 7 heteroatoms. The van der Waals surface area contributed by atoms with Gasteiger partial charge in [0, 0.05) is 10.4 Å². The van der Waals surface area contributed by atoms with E-state index in [0.717, 1.165) is 27.7 Å². The fourth-order valence-electron chi connectivity index (χ4n) is 2.10. The summed E-state index contributed by atoms with van der Waals surface area (Å²) in [6.45, 7) is 0.488. The molecule has 1 amide bonds. The minimum absolute atomic E-state index is 0.206. The van der Waals surface area contributed by atoms with Crippen molar-refractivity contribution in [3.8, 4) is 17.0 Å². The molecule has 2 heterocycles. The molecule has 0 saturated heterocycles. The Labute approximate surface area is 141 Å². The SMILES string of the molecule is COc1cccc(-c2nsc(C(=O)NCc3cccs3)c2N)c1. The predicted molar refractivity (Wildman–Crippen MR) is 94.0 cm³/mol. The van der Waals surface area contributed by atoms with Crippen molar-refractivity contribution in [3.63, 3.8) is 0 Å². The van der Waals surface area contributed by atoms with Gasteiger partial charge in [-0.2, -0.15) is 4.37 Å². The lowest BCUT2D eigenvalue weighted by molar-refractivity contribution is 0.0956. The highest BCUT2D eigenvalue weighted by atomic mass is 32.1. The minimum atomic E-state index is -0.206. The Balaban J connectivity index is 1.79. The third-order valence-electron chi connectivity index (χ3n) is 3.28. The molecule has 0 fully saturated rings. The first kappa shape index (κ1) is 15.5. The molecule has 3 rings (SSSR count). The first-order valence-electron chi connectivity index (χ1n) is 6.89. The normalized spacial score (nSPS) is 10.5. The summed E-state index contributed by atoms with van der Waals surface area (Å²) in [5.41, 5.74) is 7.96. The van der Waals surface area contributed by atoms with E-state index in [4.69, 9.17) is 10.5 Å². The highest BCUT2D eigenvalue weighted by Gasteiger charge is 2.18. The van der Waals surface area contributed by atoms with Gasteiger partial charge in [0.1, 0.15) is 16.3 Å². The molecule has 0 radical (unpaired) electrons. The van der Waals surface area contributed by atoms with Crippen molar-refractivity contribution in [1.82, 2.24) is 9.69 Å². The molecule has 0 aliphatic carbocycles. The van der Waals surface area contributed by atoms with Crippen LogP contribution in [0, 0.1) is 0 Å². The molecule has 0 bridgehead atoms. The number of nitrogens with two attached hydrogens (primary N) is 1. The third kappa shape index (κ3) is 3.35. The van der Waals surface area contributed by atoms with E-state index in [-0.39, 0.29) is 5.91 Å². The smallest absolute Gasteiger partial charge is 0.265 e. The maximum atomic E-state index is 12.3. The molecule has 23 heavy (non-hydrogen) atoms. The number of methoxy groups -OCH3 is 1. The van der Waals surface area contributed by atoms with Crippen LogP contribution < -0.4 is 15.8 Å². The Hall–Kier alpha value is -2.38. The Kier molecular flexibility index (Phi) is 4.59. The quantitative estimate of drug-likeness (QED) is 0.743. The highest BCUT2D eigenvalue weighted by molar-refractivity contribution is 7.10. The summed E-state index contributed by atoms with van der Waals surface area (Å²) >= 11 is 2.70. The van der Waals surface area contributed by atoms with Gasteiger partial charge in [-0.05, 0) is 35.1 Å². The van der Waals surface area contributed by atoms with Gasteiger partial charge >= 0.3 is 0 Å². The zero-order chi connectivity index (χ0) is 16.2. The van der Waals surface area contributed by atoms with Crippen molar-refractivity contribution in [1.29, 1.82) is 0 Å². The van der Waals surface area contributed by atoms with E-state index in [1.807, 2.05) is 41.8 Å². The van der Waals surface area contributed by atoms with Crippen LogP contribution in [0.4, 0.5) is 5.69 Å². The molecule has 2 aromatic heterocycles. The maximum Gasteiger partial charge on any atom is 0.265 e. The van der Waals surface area contributed by atoms with Crippen molar-refractivity contribution >= 4 is 34.5 Å². The summed E-state index contributed by atoms with van der Waals surface area (Å²) in [6, 6.07) is 11.4. The fourth-order valence-corrected chi connectivity index (χ4v) is 3.48. The van der Waals surface area contributed by atoms with Crippen LogP contribution in [-0.2, 0) is 6.54 Å². The van der Waals surface area contributed by atoms with Crippen molar-refractivity contribution in [2.45, 2.75) is 6.54 Å². The number of nitrogen functional groups attached to an aromatic ring is 1. The number of anilines is 1. The lowest BCUT2D eigenvalue weighted by Gasteiger charge is -2.04. The van der Waals surface area contributed by atoms with Gasteiger partial charge in [0.2, 0.25) is 0 Å². The van der Waals surface area contributed by atoms with Crippen molar-refractivity contribution in [2.75, 3.05) is 12.8 Å². The van der Waals surface area contributed by atoms with E-state index >= 15 is 0 Å². The summed E-state index contributed by atoms with van der Waals surface area (Å²) in [5, 5.41) is 4.84. The van der Waals surface area contributed by atoms with Crippen molar-refractivity contribution < 1.29 is 9.53 Å². The summed E-state index contributed by atoms with van der Waals surface area (Å²) < 4.78 is 9.54.